The molecule has 0 unspecified atom stereocenters. The highest BCUT2D eigenvalue weighted by molar-refractivity contribution is 7.15. The Balaban J connectivity index is 1.71. The van der Waals surface area contributed by atoms with Crippen molar-refractivity contribution in [1.82, 2.24) is 20.0 Å². The predicted molar refractivity (Wildman–Crippen MR) is 104 cm³/mol. The fraction of sp³-hybridized carbons (Fsp3) is 0.333. The Morgan fingerprint density at radius 2 is 2.21 bits per heavy atom. The number of ether oxygens (including phenoxy) is 2. The standard InChI is InChI=1S/C18H21F2N5O2S/c1-3-21-17(23-10-13-11-25-6-7-28-18(25)24-13)22-9-12-8-14(26-2)4-5-15(12)27-16(19)20/h4-8,11,16H,3,9-10H2,1-2H3,(H2,21,22,23). The summed E-state index contributed by atoms with van der Waals surface area (Å²) in [6.07, 6.45) is 3.89. The van der Waals surface area contributed by atoms with E-state index in [0.717, 1.165) is 10.7 Å². The number of thiazole rings is 1. The normalized spacial score (nSPS) is 11.8. The Morgan fingerprint density at radius 3 is 2.93 bits per heavy atom. The number of aromatic nitrogens is 2. The first kappa shape index (κ1) is 19.9. The van der Waals surface area contributed by atoms with Crippen LogP contribution in [0.15, 0.2) is 41.0 Å². The number of nitrogens with one attached hydrogen (secondary N) is 2. The Kier molecular flexibility index (Phi) is 6.64. The molecule has 3 rings (SSSR count). The lowest BCUT2D eigenvalue weighted by atomic mass is 10.2. The first-order chi connectivity index (χ1) is 13.6. The van der Waals surface area contributed by atoms with Crippen molar-refractivity contribution in [3.8, 4) is 11.5 Å². The highest BCUT2D eigenvalue weighted by Gasteiger charge is 2.11. The molecule has 0 amide bonds. The number of methoxy groups -OCH3 is 1. The number of halogens is 2. The van der Waals surface area contributed by atoms with E-state index < -0.39 is 6.61 Å². The van der Waals surface area contributed by atoms with Crippen LogP contribution in [0.1, 0.15) is 18.2 Å². The molecule has 3 aromatic rings. The molecule has 2 aromatic heterocycles. The van der Waals surface area contributed by atoms with E-state index in [1.54, 1.807) is 23.5 Å². The summed E-state index contributed by atoms with van der Waals surface area (Å²) in [6, 6.07) is 4.65. The van der Waals surface area contributed by atoms with Gasteiger partial charge in [-0.1, -0.05) is 0 Å². The topological polar surface area (TPSA) is 72.2 Å². The molecule has 0 aliphatic rings. The number of benzene rings is 1. The Hall–Kier alpha value is -2.88. The minimum Gasteiger partial charge on any atom is -0.497 e. The van der Waals surface area contributed by atoms with E-state index in [2.05, 4.69) is 25.3 Å². The quantitative estimate of drug-likeness (QED) is 0.441. The van der Waals surface area contributed by atoms with Crippen LogP contribution in [-0.2, 0) is 13.1 Å². The van der Waals surface area contributed by atoms with Gasteiger partial charge in [0.05, 0.1) is 25.9 Å². The average Bonchev–Trinajstić information content (AvgIpc) is 3.26. The summed E-state index contributed by atoms with van der Waals surface area (Å²) in [4.78, 5) is 9.89. The van der Waals surface area contributed by atoms with E-state index in [4.69, 9.17) is 4.74 Å². The Labute approximate surface area is 165 Å². The van der Waals surface area contributed by atoms with Crippen LogP contribution >= 0.6 is 11.3 Å². The largest absolute Gasteiger partial charge is 0.497 e. The number of nitrogens with zero attached hydrogens (tertiary/aromatic N) is 3. The molecule has 0 radical (unpaired) electrons. The molecule has 10 heteroatoms. The lowest BCUT2D eigenvalue weighted by Gasteiger charge is -2.13. The molecule has 150 valence electrons. The van der Waals surface area contributed by atoms with Crippen molar-refractivity contribution in [3.63, 3.8) is 0 Å². The van der Waals surface area contributed by atoms with Gasteiger partial charge in [0.2, 0.25) is 0 Å². The van der Waals surface area contributed by atoms with Crippen LogP contribution in [0.4, 0.5) is 8.78 Å². The second kappa shape index (κ2) is 9.36. The van der Waals surface area contributed by atoms with Gasteiger partial charge in [0, 0.05) is 29.9 Å². The van der Waals surface area contributed by atoms with Crippen molar-refractivity contribution in [2.75, 3.05) is 13.7 Å². The second-order valence-electron chi connectivity index (χ2n) is 5.73. The Morgan fingerprint density at radius 1 is 1.36 bits per heavy atom. The van der Waals surface area contributed by atoms with Gasteiger partial charge in [-0.3, -0.25) is 4.40 Å². The van der Waals surface area contributed by atoms with Crippen molar-refractivity contribution in [2.24, 2.45) is 4.99 Å². The summed E-state index contributed by atoms with van der Waals surface area (Å²) >= 11 is 1.56. The molecule has 0 aliphatic heterocycles. The van der Waals surface area contributed by atoms with Crippen molar-refractivity contribution >= 4 is 22.3 Å². The van der Waals surface area contributed by atoms with E-state index in [1.807, 2.05) is 29.1 Å². The third kappa shape index (κ3) is 5.10. The molecule has 2 N–H and O–H groups in total. The highest BCUT2D eigenvalue weighted by atomic mass is 32.1. The van der Waals surface area contributed by atoms with E-state index in [1.165, 1.54) is 13.2 Å². The summed E-state index contributed by atoms with van der Waals surface area (Å²) in [5.41, 5.74) is 1.37. The zero-order valence-electron chi connectivity index (χ0n) is 15.5. The van der Waals surface area contributed by atoms with Crippen molar-refractivity contribution in [2.45, 2.75) is 26.6 Å². The van der Waals surface area contributed by atoms with Crippen LogP contribution in [-0.4, -0.2) is 35.6 Å². The molecule has 0 saturated heterocycles. The predicted octanol–water partition coefficient (Wildman–Crippen LogP) is 3.26. The minimum atomic E-state index is -2.91. The maximum absolute atomic E-state index is 12.7. The van der Waals surface area contributed by atoms with E-state index >= 15 is 0 Å². The van der Waals surface area contributed by atoms with Crippen LogP contribution in [0.3, 0.4) is 0 Å². The summed E-state index contributed by atoms with van der Waals surface area (Å²) in [7, 11) is 1.51. The number of aliphatic imine (C=N–C) groups is 1. The molecular formula is C18H21F2N5O2S. The average molecular weight is 409 g/mol. The monoisotopic (exact) mass is 409 g/mol. The molecule has 0 aliphatic carbocycles. The fourth-order valence-corrected chi connectivity index (χ4v) is 3.28. The number of hydrogen-bond donors (Lipinski definition) is 2. The third-order valence-corrected chi connectivity index (χ3v) is 4.59. The van der Waals surface area contributed by atoms with Gasteiger partial charge in [-0.25, -0.2) is 9.98 Å². The molecular weight excluding hydrogens is 388 g/mol. The second-order valence-corrected chi connectivity index (χ2v) is 6.60. The van der Waals surface area contributed by atoms with Crippen molar-refractivity contribution in [3.05, 3.63) is 47.2 Å². The molecule has 0 saturated carbocycles. The van der Waals surface area contributed by atoms with Gasteiger partial charge in [-0.05, 0) is 25.1 Å². The highest BCUT2D eigenvalue weighted by Crippen LogP contribution is 2.26. The van der Waals surface area contributed by atoms with Crippen LogP contribution in [0.5, 0.6) is 11.5 Å². The number of rotatable bonds is 8. The maximum atomic E-state index is 12.7. The first-order valence-corrected chi connectivity index (χ1v) is 9.52. The van der Waals surface area contributed by atoms with Crippen LogP contribution in [0.2, 0.25) is 0 Å². The van der Waals surface area contributed by atoms with Crippen LogP contribution in [0, 0.1) is 0 Å². The van der Waals surface area contributed by atoms with Gasteiger partial charge in [0.1, 0.15) is 11.5 Å². The van der Waals surface area contributed by atoms with Gasteiger partial charge < -0.3 is 20.1 Å². The summed E-state index contributed by atoms with van der Waals surface area (Å²) in [5.74, 6) is 1.16. The smallest absolute Gasteiger partial charge is 0.387 e. The number of fused-ring (bicyclic) bond motifs is 1. The first-order valence-electron chi connectivity index (χ1n) is 8.64. The van der Waals surface area contributed by atoms with Gasteiger partial charge >= 0.3 is 6.61 Å². The molecule has 0 atom stereocenters. The molecule has 7 nitrogen and oxygen atoms in total. The van der Waals surface area contributed by atoms with Crippen molar-refractivity contribution in [1.29, 1.82) is 0 Å². The summed E-state index contributed by atoms with van der Waals surface area (Å²) < 4.78 is 37.0. The van der Waals surface area contributed by atoms with E-state index in [9.17, 15) is 8.78 Å². The SMILES string of the molecule is CCNC(=NCc1cc(OC)ccc1OC(F)F)NCc1cn2ccsc2n1. The zero-order valence-corrected chi connectivity index (χ0v) is 16.3. The third-order valence-electron chi connectivity index (χ3n) is 3.82. The molecule has 1 aromatic carbocycles. The van der Waals surface area contributed by atoms with Crippen molar-refractivity contribution < 1.29 is 18.3 Å². The van der Waals surface area contributed by atoms with Gasteiger partial charge in [-0.2, -0.15) is 8.78 Å². The maximum Gasteiger partial charge on any atom is 0.387 e. The van der Waals surface area contributed by atoms with Gasteiger partial charge in [0.25, 0.3) is 0 Å². The lowest BCUT2D eigenvalue weighted by Crippen LogP contribution is -2.36. The summed E-state index contributed by atoms with van der Waals surface area (Å²) in [6.45, 7) is 0.326. The van der Waals surface area contributed by atoms with Gasteiger partial charge in [0.15, 0.2) is 10.9 Å². The number of guanidine groups is 1. The molecule has 2 heterocycles. The van der Waals surface area contributed by atoms with E-state index in [0.29, 0.717) is 30.4 Å². The lowest BCUT2D eigenvalue weighted by molar-refractivity contribution is -0.0504. The molecule has 0 fully saturated rings. The Bertz CT molecular complexity index is 913. The number of hydrogen-bond acceptors (Lipinski definition) is 5. The van der Waals surface area contributed by atoms with Crippen LogP contribution < -0.4 is 20.1 Å². The molecule has 0 spiro atoms. The van der Waals surface area contributed by atoms with Crippen LogP contribution in [0.25, 0.3) is 4.96 Å². The zero-order chi connectivity index (χ0) is 19.9. The minimum absolute atomic E-state index is 0.0738. The van der Waals surface area contributed by atoms with E-state index in [-0.39, 0.29) is 12.3 Å². The number of imidazole rings is 1. The van der Waals surface area contributed by atoms with Gasteiger partial charge in [-0.15, -0.1) is 11.3 Å². The molecule has 28 heavy (non-hydrogen) atoms. The summed E-state index contributed by atoms with van der Waals surface area (Å²) in [5, 5.41) is 8.29. The molecule has 0 bridgehead atoms. The number of alkyl halides is 2. The fourth-order valence-electron chi connectivity index (χ4n) is 2.56.